The van der Waals surface area contributed by atoms with Crippen molar-refractivity contribution in [2.24, 2.45) is 0 Å². The van der Waals surface area contributed by atoms with Gasteiger partial charge in [-0.15, -0.1) is 0 Å². The van der Waals surface area contributed by atoms with Gasteiger partial charge in [-0.25, -0.2) is 0 Å². The van der Waals surface area contributed by atoms with E-state index in [1.807, 2.05) is 0 Å². The maximum atomic E-state index is 13.3. The summed E-state index contributed by atoms with van der Waals surface area (Å²) in [5.74, 6) is -0.584. The number of halogens is 1. The number of hydrogen-bond acceptors (Lipinski definition) is 8. The zero-order valence-electron chi connectivity index (χ0n) is 18.8. The lowest BCUT2D eigenvalue weighted by molar-refractivity contribution is -0.132. The second-order valence-electron chi connectivity index (χ2n) is 7.40. The van der Waals surface area contributed by atoms with Gasteiger partial charge in [0, 0.05) is 17.2 Å². The minimum Gasteiger partial charge on any atom is -0.507 e. The van der Waals surface area contributed by atoms with Crippen molar-refractivity contribution in [1.29, 1.82) is 0 Å². The van der Waals surface area contributed by atoms with Crippen molar-refractivity contribution < 1.29 is 33.4 Å². The molecule has 1 aliphatic rings. The van der Waals surface area contributed by atoms with Gasteiger partial charge in [0.2, 0.25) is 0 Å². The van der Waals surface area contributed by atoms with E-state index in [4.69, 9.17) is 30.3 Å². The highest BCUT2D eigenvalue weighted by Crippen LogP contribution is 2.47. The fraction of sp³-hybridized carbons (Fsp3) is 0.208. The van der Waals surface area contributed by atoms with Crippen molar-refractivity contribution in [3.8, 4) is 17.2 Å². The number of aromatic nitrogens is 1. The van der Waals surface area contributed by atoms with Gasteiger partial charge in [-0.3, -0.25) is 14.5 Å². The van der Waals surface area contributed by atoms with Gasteiger partial charge < -0.3 is 23.8 Å². The average molecular weight is 485 g/mol. The summed E-state index contributed by atoms with van der Waals surface area (Å²) in [4.78, 5) is 27.6. The first-order valence-electron chi connectivity index (χ1n) is 10.1. The van der Waals surface area contributed by atoms with Crippen molar-refractivity contribution >= 4 is 34.9 Å². The molecule has 4 rings (SSSR count). The van der Waals surface area contributed by atoms with E-state index >= 15 is 0 Å². The third kappa shape index (κ3) is 3.73. The molecule has 10 heteroatoms. The normalized spacial score (nSPS) is 17.2. The zero-order chi connectivity index (χ0) is 24.6. The van der Waals surface area contributed by atoms with Gasteiger partial charge in [0.05, 0.1) is 31.9 Å². The second-order valence-corrected chi connectivity index (χ2v) is 7.80. The number of nitrogens with zero attached hydrogens (tertiary/aromatic N) is 2. The Kier molecular flexibility index (Phi) is 6.21. The predicted molar refractivity (Wildman–Crippen MR) is 124 cm³/mol. The van der Waals surface area contributed by atoms with Gasteiger partial charge in [-0.2, -0.15) is 0 Å². The van der Waals surface area contributed by atoms with E-state index in [1.54, 1.807) is 31.2 Å². The fourth-order valence-electron chi connectivity index (χ4n) is 3.93. The molecule has 0 aliphatic carbocycles. The van der Waals surface area contributed by atoms with Crippen LogP contribution in [0.25, 0.3) is 5.76 Å². The van der Waals surface area contributed by atoms with Crippen molar-refractivity contribution in [1.82, 2.24) is 5.16 Å². The molecule has 2 heterocycles. The van der Waals surface area contributed by atoms with Gasteiger partial charge in [-0.1, -0.05) is 28.9 Å². The number of anilines is 1. The molecule has 1 atom stereocenters. The molecule has 1 fully saturated rings. The molecule has 1 aromatic heterocycles. The van der Waals surface area contributed by atoms with E-state index in [2.05, 4.69) is 5.16 Å². The Morgan fingerprint density at radius 2 is 1.79 bits per heavy atom. The molecule has 0 saturated carbocycles. The molecular weight excluding hydrogens is 464 g/mol. The van der Waals surface area contributed by atoms with Crippen LogP contribution in [0, 0.1) is 6.92 Å². The highest BCUT2D eigenvalue weighted by Gasteiger charge is 2.49. The molecule has 3 aromatic rings. The lowest BCUT2D eigenvalue weighted by Crippen LogP contribution is -2.30. The van der Waals surface area contributed by atoms with Crippen LogP contribution in [0.15, 0.2) is 52.6 Å². The first-order chi connectivity index (χ1) is 16.3. The molecule has 9 nitrogen and oxygen atoms in total. The van der Waals surface area contributed by atoms with Crippen molar-refractivity contribution in [2.75, 3.05) is 26.2 Å². The number of aliphatic hydroxyl groups is 1. The Bertz CT molecular complexity index is 1310. The summed E-state index contributed by atoms with van der Waals surface area (Å²) in [5, 5.41) is 15.4. The third-order valence-electron chi connectivity index (χ3n) is 5.46. The van der Waals surface area contributed by atoms with Crippen molar-refractivity contribution in [3.63, 3.8) is 0 Å². The second kappa shape index (κ2) is 9.11. The smallest absolute Gasteiger partial charge is 0.301 e. The number of aryl methyl sites for hydroxylation is 1. The number of carbonyl (C=O) groups is 2. The third-order valence-corrected chi connectivity index (χ3v) is 5.76. The van der Waals surface area contributed by atoms with E-state index in [0.717, 1.165) is 4.90 Å². The molecule has 0 radical (unpaired) electrons. The van der Waals surface area contributed by atoms with Crippen LogP contribution in [-0.2, 0) is 9.59 Å². The molecule has 1 saturated heterocycles. The number of para-hydroxylation sites is 1. The van der Waals surface area contributed by atoms with E-state index in [0.29, 0.717) is 28.6 Å². The maximum absolute atomic E-state index is 13.3. The van der Waals surface area contributed by atoms with Crippen LogP contribution in [0.3, 0.4) is 0 Å². The number of hydrogen-bond donors (Lipinski definition) is 1. The summed E-state index contributed by atoms with van der Waals surface area (Å²) in [6.07, 6.45) is 0. The first-order valence-corrected chi connectivity index (χ1v) is 10.5. The van der Waals surface area contributed by atoms with Crippen LogP contribution >= 0.6 is 11.6 Å². The van der Waals surface area contributed by atoms with Gasteiger partial charge >= 0.3 is 5.91 Å². The molecule has 1 amide bonds. The van der Waals surface area contributed by atoms with E-state index in [-0.39, 0.29) is 22.0 Å². The van der Waals surface area contributed by atoms with Crippen LogP contribution in [0.4, 0.5) is 5.82 Å². The fourth-order valence-corrected chi connectivity index (χ4v) is 4.18. The Morgan fingerprint density at radius 3 is 2.38 bits per heavy atom. The summed E-state index contributed by atoms with van der Waals surface area (Å²) < 4.78 is 21.3. The van der Waals surface area contributed by atoms with Crippen LogP contribution in [0.5, 0.6) is 17.2 Å². The van der Waals surface area contributed by atoms with E-state index in [9.17, 15) is 14.7 Å². The summed E-state index contributed by atoms with van der Waals surface area (Å²) in [6, 6.07) is 10.0. The molecule has 2 aromatic carbocycles. The number of ketones is 1. The van der Waals surface area contributed by atoms with Crippen LogP contribution < -0.4 is 19.1 Å². The molecule has 0 unspecified atom stereocenters. The molecule has 0 bridgehead atoms. The lowest BCUT2D eigenvalue weighted by Gasteiger charge is -2.25. The maximum Gasteiger partial charge on any atom is 0.301 e. The number of aliphatic hydroxyl groups excluding tert-OH is 1. The molecule has 1 N–H and O–H groups in total. The number of ether oxygens (including phenoxy) is 3. The van der Waals surface area contributed by atoms with Crippen molar-refractivity contribution in [3.05, 3.63) is 69.9 Å². The first kappa shape index (κ1) is 23.2. The van der Waals surface area contributed by atoms with Crippen molar-refractivity contribution in [2.45, 2.75) is 13.0 Å². The molecule has 34 heavy (non-hydrogen) atoms. The van der Waals surface area contributed by atoms with Gasteiger partial charge in [0.25, 0.3) is 5.78 Å². The highest BCUT2D eigenvalue weighted by atomic mass is 35.5. The molecule has 1 aliphatic heterocycles. The Morgan fingerprint density at radius 1 is 1.06 bits per heavy atom. The number of rotatable bonds is 6. The SMILES string of the molecule is COc1ccc(C(O)=C2C(=O)C(=O)N(c3cc(C)on3)[C@@H]2c2cccc(OC)c2OC)cc1Cl. The Labute approximate surface area is 200 Å². The number of amides is 1. The molecule has 0 spiro atoms. The summed E-state index contributed by atoms with van der Waals surface area (Å²) in [6.45, 7) is 1.66. The van der Waals surface area contributed by atoms with Gasteiger partial charge in [0.1, 0.15) is 23.3 Å². The zero-order valence-corrected chi connectivity index (χ0v) is 19.5. The number of Topliss-reactive ketones (excluding diaryl/α,β-unsaturated/α-hetero) is 1. The van der Waals surface area contributed by atoms with E-state index in [1.165, 1.54) is 39.5 Å². The van der Waals surface area contributed by atoms with Gasteiger partial charge in [0.15, 0.2) is 17.3 Å². The quantitative estimate of drug-likeness (QED) is 0.313. The minimum absolute atomic E-state index is 0.112. The lowest BCUT2D eigenvalue weighted by atomic mass is 9.94. The number of benzene rings is 2. The number of methoxy groups -OCH3 is 3. The predicted octanol–water partition coefficient (Wildman–Crippen LogP) is 4.29. The molecule has 176 valence electrons. The Balaban J connectivity index is 2.00. The highest BCUT2D eigenvalue weighted by molar-refractivity contribution is 6.51. The van der Waals surface area contributed by atoms with Crippen LogP contribution in [0.2, 0.25) is 5.02 Å². The average Bonchev–Trinajstić information content (AvgIpc) is 3.38. The summed E-state index contributed by atoms with van der Waals surface area (Å²) in [7, 11) is 4.37. The standard InChI is InChI=1S/C24H21ClN2O7/c1-12-10-18(26-34-12)27-20(14-6-5-7-17(32-3)23(14)33-4)19(22(29)24(27)30)21(28)13-8-9-16(31-2)15(25)11-13/h5-11,20,28H,1-4H3/t20-/m1/s1. The molecular formula is C24H21ClN2O7. The largest absolute Gasteiger partial charge is 0.507 e. The Hall–Kier alpha value is -3.98. The van der Waals surface area contributed by atoms with Crippen LogP contribution in [-0.4, -0.2) is 43.3 Å². The minimum atomic E-state index is -1.09. The van der Waals surface area contributed by atoms with E-state index < -0.39 is 23.5 Å². The summed E-state index contributed by atoms with van der Waals surface area (Å²) in [5.41, 5.74) is 0.466. The summed E-state index contributed by atoms with van der Waals surface area (Å²) >= 11 is 6.23. The van der Waals surface area contributed by atoms with Gasteiger partial charge in [-0.05, 0) is 31.2 Å². The van der Waals surface area contributed by atoms with Crippen LogP contribution in [0.1, 0.15) is 22.9 Å². The number of carbonyl (C=O) groups excluding carboxylic acids is 2. The topological polar surface area (TPSA) is 111 Å². The monoisotopic (exact) mass is 484 g/mol.